The van der Waals surface area contributed by atoms with Gasteiger partial charge in [-0.2, -0.15) is 0 Å². The first kappa shape index (κ1) is 25.9. The van der Waals surface area contributed by atoms with Gasteiger partial charge in [0.1, 0.15) is 11.5 Å². The van der Waals surface area contributed by atoms with Crippen molar-refractivity contribution >= 4 is 26.7 Å². The zero-order valence-electron chi connectivity index (χ0n) is 20.6. The number of hydrogen-bond acceptors (Lipinski definition) is 9. The van der Waals surface area contributed by atoms with Crippen LogP contribution in [0.3, 0.4) is 0 Å². The monoisotopic (exact) mass is 522 g/mol. The molecule has 0 aliphatic carbocycles. The number of carbonyl (C=O) groups excluding carboxylic acids is 3. The Labute approximate surface area is 215 Å². The minimum atomic E-state index is -4.15. The first-order valence-corrected chi connectivity index (χ1v) is 13.4. The summed E-state index contributed by atoms with van der Waals surface area (Å²) in [6.45, 7) is 3.56. The van der Waals surface area contributed by atoms with Gasteiger partial charge in [0.25, 0.3) is 23.7 Å². The van der Waals surface area contributed by atoms with E-state index in [2.05, 4.69) is 0 Å². The zero-order valence-corrected chi connectivity index (χ0v) is 21.6. The second-order valence-electron chi connectivity index (χ2n) is 8.26. The van der Waals surface area contributed by atoms with Gasteiger partial charge in [0.15, 0.2) is 6.23 Å². The molecule has 0 amide bonds. The average Bonchev–Trinajstić information content (AvgIpc) is 2.87. The third kappa shape index (κ3) is 5.99. The maximum absolute atomic E-state index is 11.7. The Morgan fingerprint density at radius 3 is 1.78 bits per heavy atom. The van der Waals surface area contributed by atoms with Gasteiger partial charge in [-0.3, -0.25) is 14.4 Å². The third-order valence-electron chi connectivity index (χ3n) is 5.34. The van der Waals surface area contributed by atoms with Crippen molar-refractivity contribution < 1.29 is 41.9 Å². The summed E-state index contributed by atoms with van der Waals surface area (Å²) >= 11 is 0. The van der Waals surface area contributed by atoms with Gasteiger partial charge in [-0.1, -0.05) is 60.7 Å². The summed E-state index contributed by atoms with van der Waals surface area (Å²) in [7, 11) is -4.15. The molecule has 37 heavy (non-hydrogen) atoms. The van der Waals surface area contributed by atoms with Gasteiger partial charge in [0.2, 0.25) is 0 Å². The molecule has 1 heterocycles. The second-order valence-corrected chi connectivity index (χ2v) is 10.5. The topological polar surface area (TPSA) is 107 Å². The van der Waals surface area contributed by atoms with Crippen LogP contribution in [0.25, 0.3) is 0 Å². The zero-order chi connectivity index (χ0) is 26.5. The van der Waals surface area contributed by atoms with Crippen molar-refractivity contribution in [2.24, 2.45) is 0 Å². The molecule has 0 unspecified atom stereocenters. The number of benzene rings is 3. The minimum absolute atomic E-state index is 0.205. The van der Waals surface area contributed by atoms with Crippen LogP contribution >= 0.6 is 0 Å². The molecular formula is C27H26O9Si. The summed E-state index contributed by atoms with van der Waals surface area (Å²) in [5, 5.41) is 0. The van der Waals surface area contributed by atoms with Crippen molar-refractivity contribution in [1.29, 1.82) is 0 Å². The van der Waals surface area contributed by atoms with Gasteiger partial charge in [-0.05, 0) is 18.2 Å². The van der Waals surface area contributed by atoms with E-state index < -0.39 is 38.7 Å². The van der Waals surface area contributed by atoms with E-state index in [4.69, 9.17) is 27.5 Å². The summed E-state index contributed by atoms with van der Waals surface area (Å²) in [5.41, 5.74) is 2.39. The molecule has 0 saturated heterocycles. The quantitative estimate of drug-likeness (QED) is 0.405. The molecule has 0 atom stereocenters. The first-order valence-electron chi connectivity index (χ1n) is 11.5. The number of carbonyl (C=O) groups is 3. The molecule has 1 aliphatic heterocycles. The number of fused-ring (bicyclic) bond motifs is 1. The summed E-state index contributed by atoms with van der Waals surface area (Å²) < 4.78 is 34.1. The highest BCUT2D eigenvalue weighted by Crippen LogP contribution is 2.43. The standard InChI is InChI=1S/C27H26O9Si/c1-19(28)34-37(35-20(2)29,36-21(3)30)18-31-25-14-15-26-22(16-25)17-32-27(33-26,23-10-6-4-7-11-23)24-12-8-5-9-13-24/h4-16H,17-18H2,1-3H3. The Hall–Kier alpha value is -4.15. The molecule has 0 fully saturated rings. The molecule has 3 aromatic rings. The molecule has 0 N–H and O–H groups in total. The van der Waals surface area contributed by atoms with Crippen LogP contribution in [0.4, 0.5) is 0 Å². The van der Waals surface area contributed by atoms with E-state index in [0.717, 1.165) is 31.9 Å². The lowest BCUT2D eigenvalue weighted by molar-refractivity contribution is -0.184. The molecule has 0 spiro atoms. The molecule has 4 rings (SSSR count). The lowest BCUT2D eigenvalue weighted by Gasteiger charge is -2.39. The van der Waals surface area contributed by atoms with E-state index in [1.165, 1.54) is 0 Å². The normalized spacial score (nSPS) is 13.9. The summed E-state index contributed by atoms with van der Waals surface area (Å²) in [6, 6.07) is 24.4. The Bertz CT molecular complexity index is 1200. The minimum Gasteiger partial charge on any atom is -0.485 e. The number of hydrogen-bond donors (Lipinski definition) is 0. The average molecular weight is 523 g/mol. The molecule has 1 aliphatic rings. The highest BCUT2D eigenvalue weighted by atomic mass is 28.4. The predicted molar refractivity (Wildman–Crippen MR) is 132 cm³/mol. The molecular weight excluding hydrogens is 496 g/mol. The van der Waals surface area contributed by atoms with Gasteiger partial charge in [0.05, 0.1) is 6.61 Å². The van der Waals surface area contributed by atoms with E-state index >= 15 is 0 Å². The third-order valence-corrected chi connectivity index (χ3v) is 7.63. The van der Waals surface area contributed by atoms with Crippen LogP contribution in [0.2, 0.25) is 0 Å². The second kappa shape index (κ2) is 10.9. The van der Waals surface area contributed by atoms with Crippen molar-refractivity contribution in [2.75, 3.05) is 6.23 Å². The van der Waals surface area contributed by atoms with Gasteiger partial charge in [0, 0.05) is 37.5 Å². The molecule has 0 aromatic heterocycles. The van der Waals surface area contributed by atoms with Crippen LogP contribution in [0.1, 0.15) is 37.5 Å². The smallest absolute Gasteiger partial charge is 0.485 e. The fourth-order valence-corrected chi connectivity index (χ4v) is 5.93. The predicted octanol–water partition coefficient (Wildman–Crippen LogP) is 4.04. The van der Waals surface area contributed by atoms with E-state index in [1.807, 2.05) is 60.7 Å². The van der Waals surface area contributed by atoms with Gasteiger partial charge in [-0.25, -0.2) is 0 Å². The van der Waals surface area contributed by atoms with Crippen LogP contribution in [0.15, 0.2) is 78.9 Å². The first-order chi connectivity index (χ1) is 17.7. The molecule has 192 valence electrons. The summed E-state index contributed by atoms with van der Waals surface area (Å²) in [4.78, 5) is 35.0. The molecule has 9 nitrogen and oxygen atoms in total. The fraction of sp³-hybridized carbons (Fsp3) is 0.222. The number of ether oxygens (including phenoxy) is 3. The Morgan fingerprint density at radius 2 is 1.30 bits per heavy atom. The van der Waals surface area contributed by atoms with Crippen LogP contribution in [0, 0.1) is 0 Å². The van der Waals surface area contributed by atoms with Crippen LogP contribution in [0.5, 0.6) is 11.5 Å². The maximum Gasteiger partial charge on any atom is 0.745 e. The lowest BCUT2D eigenvalue weighted by atomic mass is 9.95. The Balaban J connectivity index is 1.60. The van der Waals surface area contributed by atoms with Crippen molar-refractivity contribution in [3.05, 3.63) is 95.6 Å². The SMILES string of the molecule is CC(=O)O[Si](COc1ccc2c(c1)COC(c1ccccc1)(c1ccccc1)O2)(OC(C)=O)OC(C)=O. The van der Waals surface area contributed by atoms with Crippen LogP contribution in [-0.4, -0.2) is 32.9 Å². The fourth-order valence-electron chi connectivity index (χ4n) is 3.97. The van der Waals surface area contributed by atoms with Crippen molar-refractivity contribution in [3.8, 4) is 11.5 Å². The van der Waals surface area contributed by atoms with Gasteiger partial charge >= 0.3 is 8.80 Å². The molecule has 0 bridgehead atoms. The van der Waals surface area contributed by atoms with E-state index in [-0.39, 0.29) is 6.61 Å². The molecule has 10 heteroatoms. The summed E-state index contributed by atoms with van der Waals surface area (Å²) in [6.07, 6.45) is -0.454. The van der Waals surface area contributed by atoms with Gasteiger partial charge in [-0.15, -0.1) is 0 Å². The van der Waals surface area contributed by atoms with Crippen LogP contribution < -0.4 is 9.47 Å². The van der Waals surface area contributed by atoms with Crippen LogP contribution in [-0.2, 0) is 44.8 Å². The molecule has 3 aromatic carbocycles. The largest absolute Gasteiger partial charge is 0.745 e. The lowest BCUT2D eigenvalue weighted by Crippen LogP contribution is -2.54. The molecule has 0 saturated carbocycles. The highest BCUT2D eigenvalue weighted by Gasteiger charge is 2.54. The van der Waals surface area contributed by atoms with Crippen molar-refractivity contribution in [3.63, 3.8) is 0 Å². The van der Waals surface area contributed by atoms with E-state index in [9.17, 15) is 14.4 Å². The van der Waals surface area contributed by atoms with Crippen molar-refractivity contribution in [2.45, 2.75) is 33.2 Å². The maximum atomic E-state index is 11.7. The van der Waals surface area contributed by atoms with Crippen molar-refractivity contribution in [1.82, 2.24) is 0 Å². The Morgan fingerprint density at radius 1 is 0.784 bits per heavy atom. The van der Waals surface area contributed by atoms with Gasteiger partial charge < -0.3 is 27.5 Å². The Kier molecular flexibility index (Phi) is 7.60. The summed E-state index contributed by atoms with van der Waals surface area (Å²) in [5.74, 6) is -2.52. The molecule has 0 radical (unpaired) electrons. The highest BCUT2D eigenvalue weighted by molar-refractivity contribution is 6.65. The van der Waals surface area contributed by atoms with E-state index in [1.54, 1.807) is 18.2 Å². The van der Waals surface area contributed by atoms with E-state index in [0.29, 0.717) is 17.1 Å². The number of rotatable bonds is 8.